The van der Waals surface area contributed by atoms with Crippen molar-refractivity contribution in [1.82, 2.24) is 0 Å². The molecule has 2 heterocycles. The topological polar surface area (TPSA) is 27.7 Å². The van der Waals surface area contributed by atoms with E-state index in [1.807, 2.05) is 20.8 Å². The Morgan fingerprint density at radius 3 is 2.50 bits per heavy atom. The minimum absolute atomic E-state index is 0.410. The van der Waals surface area contributed by atoms with Gasteiger partial charge in [0, 0.05) is 12.3 Å². The van der Waals surface area contributed by atoms with Crippen LogP contribution in [0, 0.1) is 5.92 Å². The van der Waals surface area contributed by atoms with Crippen molar-refractivity contribution in [3.63, 3.8) is 0 Å². The van der Waals surface area contributed by atoms with Crippen LogP contribution in [0.2, 0.25) is 0 Å². The van der Waals surface area contributed by atoms with Gasteiger partial charge in [0.25, 0.3) is 0 Å². The summed E-state index contributed by atoms with van der Waals surface area (Å²) in [4.78, 5) is 0. The third kappa shape index (κ3) is 1.72. The Balaban J connectivity index is 2.04. The van der Waals surface area contributed by atoms with Gasteiger partial charge in [-0.15, -0.1) is 0 Å². The number of hydrogen-bond acceptors (Lipinski definition) is 3. The molecule has 2 fully saturated rings. The lowest BCUT2D eigenvalue weighted by atomic mass is 9.97. The maximum Gasteiger partial charge on any atom is 0.195 e. The van der Waals surface area contributed by atoms with Crippen LogP contribution >= 0.6 is 0 Å². The average Bonchev–Trinajstić information content (AvgIpc) is 2.58. The van der Waals surface area contributed by atoms with Crippen molar-refractivity contribution in [1.29, 1.82) is 0 Å². The first-order valence-electron chi connectivity index (χ1n) is 5.06. The molecule has 0 aromatic heterocycles. The van der Waals surface area contributed by atoms with Crippen LogP contribution < -0.4 is 0 Å². The van der Waals surface area contributed by atoms with Crippen LogP contribution in [-0.2, 0) is 14.2 Å². The van der Waals surface area contributed by atoms with Gasteiger partial charge in [0.15, 0.2) is 11.6 Å². The SMILES string of the molecule is C=C(C)C1COC2(COC(C)(C)O2)C1. The van der Waals surface area contributed by atoms with Crippen LogP contribution in [0.3, 0.4) is 0 Å². The molecule has 3 heteroatoms. The number of rotatable bonds is 1. The Morgan fingerprint density at radius 2 is 2.07 bits per heavy atom. The van der Waals surface area contributed by atoms with E-state index in [-0.39, 0.29) is 0 Å². The molecule has 0 aliphatic carbocycles. The first-order valence-corrected chi connectivity index (χ1v) is 5.06. The van der Waals surface area contributed by atoms with Crippen molar-refractivity contribution in [2.24, 2.45) is 5.92 Å². The van der Waals surface area contributed by atoms with Gasteiger partial charge in [0.05, 0.1) is 6.61 Å². The summed E-state index contributed by atoms with van der Waals surface area (Å²) in [7, 11) is 0. The van der Waals surface area contributed by atoms with Crippen LogP contribution in [0.4, 0.5) is 0 Å². The lowest BCUT2D eigenvalue weighted by Crippen LogP contribution is -2.33. The van der Waals surface area contributed by atoms with Crippen molar-refractivity contribution in [2.75, 3.05) is 13.2 Å². The molecule has 14 heavy (non-hydrogen) atoms. The summed E-state index contributed by atoms with van der Waals surface area (Å²) in [5.74, 6) is -0.607. The summed E-state index contributed by atoms with van der Waals surface area (Å²) in [6, 6.07) is 0. The summed E-state index contributed by atoms with van der Waals surface area (Å²) < 4.78 is 17.0. The maximum absolute atomic E-state index is 5.79. The molecule has 0 amide bonds. The van der Waals surface area contributed by atoms with E-state index in [1.165, 1.54) is 0 Å². The fraction of sp³-hybridized carbons (Fsp3) is 0.818. The van der Waals surface area contributed by atoms with Gasteiger partial charge in [-0.05, 0) is 20.8 Å². The van der Waals surface area contributed by atoms with Gasteiger partial charge in [-0.2, -0.15) is 0 Å². The summed E-state index contributed by atoms with van der Waals surface area (Å²) in [6.45, 7) is 11.1. The lowest BCUT2D eigenvalue weighted by Gasteiger charge is -2.23. The van der Waals surface area contributed by atoms with Gasteiger partial charge in [0.1, 0.15) is 6.61 Å². The van der Waals surface area contributed by atoms with E-state index < -0.39 is 11.6 Å². The van der Waals surface area contributed by atoms with Gasteiger partial charge >= 0.3 is 0 Å². The monoisotopic (exact) mass is 198 g/mol. The van der Waals surface area contributed by atoms with E-state index in [1.54, 1.807) is 0 Å². The largest absolute Gasteiger partial charge is 0.347 e. The van der Waals surface area contributed by atoms with Crippen LogP contribution in [-0.4, -0.2) is 24.8 Å². The summed E-state index contributed by atoms with van der Waals surface area (Å²) >= 11 is 0. The van der Waals surface area contributed by atoms with Crippen molar-refractivity contribution in [3.05, 3.63) is 12.2 Å². The van der Waals surface area contributed by atoms with Crippen LogP contribution in [0.1, 0.15) is 27.2 Å². The standard InChI is InChI=1S/C11H18O3/c1-8(2)9-5-11(12-6-9)7-13-10(3,4)14-11/h9H,1,5-7H2,2-4H3. The molecule has 0 N–H and O–H groups in total. The molecule has 2 aliphatic heterocycles. The second-order valence-corrected chi connectivity index (χ2v) is 4.76. The van der Waals surface area contributed by atoms with E-state index in [0.29, 0.717) is 19.1 Å². The zero-order valence-corrected chi connectivity index (χ0v) is 9.13. The fourth-order valence-electron chi connectivity index (χ4n) is 2.02. The molecule has 3 nitrogen and oxygen atoms in total. The highest BCUT2D eigenvalue weighted by molar-refractivity contribution is 5.02. The Bertz CT molecular complexity index is 259. The van der Waals surface area contributed by atoms with E-state index in [4.69, 9.17) is 14.2 Å². The Labute approximate surface area is 85.0 Å². The van der Waals surface area contributed by atoms with Crippen molar-refractivity contribution in [3.8, 4) is 0 Å². The van der Waals surface area contributed by atoms with Crippen molar-refractivity contribution >= 4 is 0 Å². The van der Waals surface area contributed by atoms with Gasteiger partial charge < -0.3 is 14.2 Å². The summed E-state index contributed by atoms with van der Waals surface area (Å²) in [6.07, 6.45) is 0.867. The number of ether oxygens (including phenoxy) is 3. The first kappa shape index (κ1) is 10.1. The molecule has 80 valence electrons. The predicted molar refractivity (Wildman–Crippen MR) is 52.7 cm³/mol. The fourth-order valence-corrected chi connectivity index (χ4v) is 2.02. The quantitative estimate of drug-likeness (QED) is 0.604. The van der Waals surface area contributed by atoms with E-state index >= 15 is 0 Å². The van der Waals surface area contributed by atoms with E-state index in [0.717, 1.165) is 12.0 Å². The van der Waals surface area contributed by atoms with Gasteiger partial charge in [0.2, 0.25) is 0 Å². The van der Waals surface area contributed by atoms with Crippen LogP contribution in [0.15, 0.2) is 12.2 Å². The van der Waals surface area contributed by atoms with Crippen molar-refractivity contribution < 1.29 is 14.2 Å². The first-order chi connectivity index (χ1) is 6.43. The minimum Gasteiger partial charge on any atom is -0.347 e. The highest BCUT2D eigenvalue weighted by Crippen LogP contribution is 2.42. The van der Waals surface area contributed by atoms with E-state index in [9.17, 15) is 0 Å². The molecular formula is C11H18O3. The normalized spacial score (nSPS) is 40.6. The zero-order chi connectivity index (χ0) is 10.4. The van der Waals surface area contributed by atoms with Gasteiger partial charge in [-0.25, -0.2) is 0 Å². The molecular weight excluding hydrogens is 180 g/mol. The Kier molecular flexibility index (Phi) is 2.21. The zero-order valence-electron chi connectivity index (χ0n) is 9.13. The molecule has 2 aliphatic rings. The van der Waals surface area contributed by atoms with Gasteiger partial charge in [-0.1, -0.05) is 12.2 Å². The Hall–Kier alpha value is -0.380. The lowest BCUT2D eigenvalue weighted by molar-refractivity contribution is -0.233. The second-order valence-electron chi connectivity index (χ2n) is 4.76. The van der Waals surface area contributed by atoms with Crippen LogP contribution in [0.5, 0.6) is 0 Å². The molecule has 2 rings (SSSR count). The van der Waals surface area contributed by atoms with E-state index in [2.05, 4.69) is 6.58 Å². The highest BCUT2D eigenvalue weighted by atomic mass is 16.8. The predicted octanol–water partition coefficient (Wildman–Crippen LogP) is 2.08. The Morgan fingerprint density at radius 1 is 1.36 bits per heavy atom. The molecule has 2 atom stereocenters. The molecule has 2 unspecified atom stereocenters. The molecule has 0 aromatic rings. The third-order valence-corrected chi connectivity index (χ3v) is 2.87. The molecule has 0 saturated carbocycles. The third-order valence-electron chi connectivity index (χ3n) is 2.87. The smallest absolute Gasteiger partial charge is 0.195 e. The summed E-state index contributed by atoms with van der Waals surface area (Å²) in [5, 5.41) is 0. The van der Waals surface area contributed by atoms with Crippen molar-refractivity contribution in [2.45, 2.75) is 38.8 Å². The maximum atomic E-state index is 5.79. The molecule has 0 bridgehead atoms. The highest BCUT2D eigenvalue weighted by Gasteiger charge is 2.51. The molecule has 0 aromatic carbocycles. The molecule has 0 radical (unpaired) electrons. The van der Waals surface area contributed by atoms with Crippen LogP contribution in [0.25, 0.3) is 0 Å². The van der Waals surface area contributed by atoms with Gasteiger partial charge in [-0.3, -0.25) is 0 Å². The summed E-state index contributed by atoms with van der Waals surface area (Å²) in [5.41, 5.74) is 1.16. The molecule has 1 spiro atoms. The average molecular weight is 198 g/mol. The molecule has 2 saturated heterocycles. The number of hydrogen-bond donors (Lipinski definition) is 0. The second kappa shape index (κ2) is 3.05. The minimum atomic E-state index is -0.510.